The van der Waals surface area contributed by atoms with Crippen molar-refractivity contribution < 1.29 is 36.8 Å². The Morgan fingerprint density at radius 3 is 2.63 bits per heavy atom. The molecular formula is C16H15F4N3O4. The molecule has 1 atom stereocenters. The molecule has 2 rings (SSSR count). The molecule has 1 unspecified atom stereocenters. The topological polar surface area (TPSA) is 105 Å². The Morgan fingerprint density at radius 2 is 2.04 bits per heavy atom. The highest BCUT2D eigenvalue weighted by Crippen LogP contribution is 2.22. The average Bonchev–Trinajstić information content (AvgIpc) is 3.02. The van der Waals surface area contributed by atoms with Gasteiger partial charge in [0.05, 0.1) is 6.42 Å². The van der Waals surface area contributed by atoms with Crippen molar-refractivity contribution in [3.63, 3.8) is 0 Å². The number of carboxylic acid groups (broad SMARTS) is 1. The summed E-state index contributed by atoms with van der Waals surface area (Å²) < 4.78 is 55.2. The molecule has 1 aromatic heterocycles. The summed E-state index contributed by atoms with van der Waals surface area (Å²) >= 11 is 0. The number of nitrogens with zero attached hydrogens (tertiary/aromatic N) is 2. The maximum absolute atomic E-state index is 13.3. The SMILES string of the molecule is Cc1cc(-c2noc(CCC(=O)NC(CC(F)(F)F)C(=O)O)n2)ccc1F. The smallest absolute Gasteiger partial charge is 0.391 e. The lowest BCUT2D eigenvalue weighted by Crippen LogP contribution is -2.43. The maximum atomic E-state index is 13.3. The predicted molar refractivity (Wildman–Crippen MR) is 83.0 cm³/mol. The number of aromatic nitrogens is 2. The van der Waals surface area contributed by atoms with Crippen molar-refractivity contribution in [3.05, 3.63) is 35.5 Å². The molecule has 0 aliphatic carbocycles. The van der Waals surface area contributed by atoms with Crippen LogP contribution < -0.4 is 5.32 Å². The predicted octanol–water partition coefficient (Wildman–Crippen LogP) is 2.64. The molecule has 1 heterocycles. The second kappa shape index (κ2) is 8.14. The van der Waals surface area contributed by atoms with Crippen molar-refractivity contribution in [2.45, 2.75) is 38.4 Å². The van der Waals surface area contributed by atoms with Crippen LogP contribution in [0.2, 0.25) is 0 Å². The van der Waals surface area contributed by atoms with Gasteiger partial charge in [0.25, 0.3) is 0 Å². The molecule has 11 heteroatoms. The lowest BCUT2D eigenvalue weighted by atomic mass is 10.1. The summed E-state index contributed by atoms with van der Waals surface area (Å²) in [6, 6.07) is 2.11. The molecule has 1 aromatic carbocycles. The van der Waals surface area contributed by atoms with Crippen molar-refractivity contribution >= 4 is 11.9 Å². The van der Waals surface area contributed by atoms with Crippen LogP contribution >= 0.6 is 0 Å². The Balaban J connectivity index is 1.94. The number of hydrogen-bond acceptors (Lipinski definition) is 5. The minimum atomic E-state index is -4.73. The largest absolute Gasteiger partial charge is 0.480 e. The van der Waals surface area contributed by atoms with Gasteiger partial charge >= 0.3 is 12.1 Å². The van der Waals surface area contributed by atoms with Crippen molar-refractivity contribution in [1.29, 1.82) is 0 Å². The van der Waals surface area contributed by atoms with E-state index in [9.17, 15) is 27.2 Å². The van der Waals surface area contributed by atoms with E-state index in [0.29, 0.717) is 11.1 Å². The number of carbonyl (C=O) groups is 2. The molecule has 146 valence electrons. The van der Waals surface area contributed by atoms with Crippen molar-refractivity contribution in [2.75, 3.05) is 0 Å². The first-order valence-electron chi connectivity index (χ1n) is 7.73. The van der Waals surface area contributed by atoms with Crippen LogP contribution in [0.25, 0.3) is 11.4 Å². The van der Waals surface area contributed by atoms with Crippen LogP contribution in [0.3, 0.4) is 0 Å². The highest BCUT2D eigenvalue weighted by Gasteiger charge is 2.36. The van der Waals surface area contributed by atoms with Crippen LogP contribution in [-0.4, -0.2) is 39.3 Å². The highest BCUT2D eigenvalue weighted by atomic mass is 19.4. The Bertz CT molecular complexity index is 835. The first-order valence-corrected chi connectivity index (χ1v) is 7.73. The Labute approximate surface area is 150 Å². The fourth-order valence-electron chi connectivity index (χ4n) is 2.18. The van der Waals surface area contributed by atoms with E-state index in [0.717, 1.165) is 0 Å². The van der Waals surface area contributed by atoms with Gasteiger partial charge in [-0.3, -0.25) is 4.79 Å². The number of aryl methyl sites for hydroxylation is 2. The number of hydrogen-bond donors (Lipinski definition) is 2. The Kier molecular flexibility index (Phi) is 6.13. The van der Waals surface area contributed by atoms with Gasteiger partial charge in [-0.15, -0.1) is 0 Å². The van der Waals surface area contributed by atoms with Gasteiger partial charge in [-0.2, -0.15) is 18.2 Å². The lowest BCUT2D eigenvalue weighted by molar-refractivity contribution is -0.160. The van der Waals surface area contributed by atoms with E-state index in [1.165, 1.54) is 18.2 Å². The molecule has 2 aromatic rings. The van der Waals surface area contributed by atoms with E-state index in [4.69, 9.17) is 9.63 Å². The number of benzene rings is 1. The zero-order valence-corrected chi connectivity index (χ0v) is 14.0. The summed E-state index contributed by atoms with van der Waals surface area (Å²) in [5.41, 5.74) is 0.868. The number of halogens is 4. The molecule has 0 bridgehead atoms. The van der Waals surface area contributed by atoms with Gasteiger partial charge in [-0.05, 0) is 30.7 Å². The summed E-state index contributed by atoms with van der Waals surface area (Å²) in [7, 11) is 0. The first kappa shape index (κ1) is 20.3. The van der Waals surface area contributed by atoms with Crippen molar-refractivity contribution in [1.82, 2.24) is 15.5 Å². The summed E-state index contributed by atoms with van der Waals surface area (Å²) in [6.45, 7) is 1.56. The molecule has 0 saturated carbocycles. The monoisotopic (exact) mass is 389 g/mol. The molecule has 0 radical (unpaired) electrons. The normalized spacial score (nSPS) is 12.6. The summed E-state index contributed by atoms with van der Waals surface area (Å²) in [5, 5.41) is 14.3. The molecule has 0 saturated heterocycles. The number of aliphatic carboxylic acids is 1. The van der Waals surface area contributed by atoms with E-state index in [1.807, 2.05) is 0 Å². The van der Waals surface area contributed by atoms with E-state index in [2.05, 4.69) is 10.1 Å². The molecule has 27 heavy (non-hydrogen) atoms. The summed E-state index contributed by atoms with van der Waals surface area (Å²) in [4.78, 5) is 26.5. The van der Waals surface area contributed by atoms with Crippen LogP contribution in [0.4, 0.5) is 17.6 Å². The molecule has 0 aliphatic heterocycles. The summed E-state index contributed by atoms with van der Waals surface area (Å²) in [5.74, 6) is -2.89. The zero-order chi connectivity index (χ0) is 20.2. The van der Waals surface area contributed by atoms with Crippen LogP contribution in [0.1, 0.15) is 24.3 Å². The van der Waals surface area contributed by atoms with Gasteiger partial charge in [-0.1, -0.05) is 5.16 Å². The van der Waals surface area contributed by atoms with E-state index >= 15 is 0 Å². The standard InChI is InChI=1S/C16H15F4N3O4/c1-8-6-9(2-3-10(8)17)14-22-13(27-23-14)5-4-12(24)21-11(15(25)26)7-16(18,19)20/h2-3,6,11H,4-5,7H2,1H3,(H,21,24)(H,25,26). The number of amides is 1. The van der Waals surface area contributed by atoms with Crippen molar-refractivity contribution in [3.8, 4) is 11.4 Å². The number of carbonyl (C=O) groups excluding carboxylic acids is 1. The summed E-state index contributed by atoms with van der Waals surface area (Å²) in [6.07, 6.45) is -6.85. The molecular weight excluding hydrogens is 374 g/mol. The second-order valence-corrected chi connectivity index (χ2v) is 5.75. The minimum Gasteiger partial charge on any atom is -0.480 e. The second-order valence-electron chi connectivity index (χ2n) is 5.75. The number of nitrogens with one attached hydrogen (secondary N) is 1. The molecule has 1 amide bonds. The van der Waals surface area contributed by atoms with E-state index in [-0.39, 0.29) is 24.6 Å². The number of carboxylic acids is 1. The van der Waals surface area contributed by atoms with Crippen LogP contribution in [0.5, 0.6) is 0 Å². The fourth-order valence-corrected chi connectivity index (χ4v) is 2.18. The third kappa shape index (κ3) is 6.04. The zero-order valence-electron chi connectivity index (χ0n) is 14.0. The minimum absolute atomic E-state index is 0.0322. The Hall–Kier alpha value is -2.98. The molecule has 7 nitrogen and oxygen atoms in total. The van der Waals surface area contributed by atoms with Crippen LogP contribution in [0, 0.1) is 12.7 Å². The first-order chi connectivity index (χ1) is 12.5. The molecule has 0 fully saturated rings. The van der Waals surface area contributed by atoms with E-state index < -0.39 is 36.3 Å². The lowest BCUT2D eigenvalue weighted by Gasteiger charge is -2.15. The highest BCUT2D eigenvalue weighted by molar-refractivity contribution is 5.83. The average molecular weight is 389 g/mol. The van der Waals surface area contributed by atoms with Crippen LogP contribution in [0.15, 0.2) is 22.7 Å². The number of rotatable bonds is 7. The maximum Gasteiger partial charge on any atom is 0.391 e. The van der Waals surface area contributed by atoms with E-state index in [1.54, 1.807) is 12.2 Å². The molecule has 2 N–H and O–H groups in total. The quantitative estimate of drug-likeness (QED) is 0.706. The third-order valence-electron chi connectivity index (χ3n) is 3.52. The van der Waals surface area contributed by atoms with Gasteiger partial charge in [-0.25, -0.2) is 9.18 Å². The van der Waals surface area contributed by atoms with Gasteiger partial charge in [0.2, 0.25) is 17.6 Å². The van der Waals surface area contributed by atoms with Gasteiger partial charge in [0.15, 0.2) is 0 Å². The fraction of sp³-hybridized carbons (Fsp3) is 0.375. The number of alkyl halides is 3. The Morgan fingerprint density at radius 1 is 1.33 bits per heavy atom. The van der Waals surface area contributed by atoms with Gasteiger partial charge < -0.3 is 14.9 Å². The van der Waals surface area contributed by atoms with Gasteiger partial charge in [0, 0.05) is 18.4 Å². The molecule has 0 spiro atoms. The van der Waals surface area contributed by atoms with Gasteiger partial charge in [0.1, 0.15) is 11.9 Å². The van der Waals surface area contributed by atoms with Crippen LogP contribution in [-0.2, 0) is 16.0 Å². The van der Waals surface area contributed by atoms with Crippen molar-refractivity contribution in [2.24, 2.45) is 0 Å². The third-order valence-corrected chi connectivity index (χ3v) is 3.52. The molecule has 0 aliphatic rings.